The van der Waals surface area contributed by atoms with E-state index < -0.39 is 0 Å². The van der Waals surface area contributed by atoms with Crippen molar-refractivity contribution >= 4 is 17.0 Å². The zero-order valence-electron chi connectivity index (χ0n) is 17.7. The average molecular weight is 419 g/mol. The topological polar surface area (TPSA) is 44.2 Å². The molecule has 0 N–H and O–H groups in total. The van der Waals surface area contributed by atoms with Crippen LogP contribution in [0.25, 0.3) is 16.9 Å². The van der Waals surface area contributed by atoms with E-state index in [2.05, 4.69) is 35.9 Å². The number of rotatable bonds is 5. The van der Waals surface area contributed by atoms with Gasteiger partial charge < -0.3 is 4.57 Å². The zero-order valence-corrected chi connectivity index (χ0v) is 18.6. The summed E-state index contributed by atoms with van der Waals surface area (Å²) in [5.74, 6) is 0.457. The largest absolute Gasteiger partial charge is 0.316 e. The molecule has 4 rings (SSSR count). The molecule has 0 aliphatic heterocycles. The van der Waals surface area contributed by atoms with Crippen LogP contribution in [0.4, 0.5) is 5.69 Å². The number of nitrogens with zero attached hydrogens (tertiary/aromatic N) is 4. The van der Waals surface area contributed by atoms with Crippen molar-refractivity contribution in [2.24, 2.45) is 18.0 Å². The molecule has 0 amide bonds. The molecule has 0 spiro atoms. The first-order chi connectivity index (χ1) is 14.5. The summed E-state index contributed by atoms with van der Waals surface area (Å²) in [7, 11) is 1.90. The van der Waals surface area contributed by atoms with Crippen molar-refractivity contribution in [1.82, 2.24) is 13.9 Å². The van der Waals surface area contributed by atoms with Crippen LogP contribution in [-0.4, -0.2) is 13.9 Å². The zero-order chi connectivity index (χ0) is 21.3. The van der Waals surface area contributed by atoms with Gasteiger partial charge in [-0.15, -0.1) is 11.3 Å². The summed E-state index contributed by atoms with van der Waals surface area (Å²) >= 11 is 1.58. The van der Waals surface area contributed by atoms with Gasteiger partial charge in [0.2, 0.25) is 0 Å². The lowest BCUT2D eigenvalue weighted by Gasteiger charge is -2.11. The van der Waals surface area contributed by atoms with E-state index in [1.165, 1.54) is 0 Å². The molecule has 5 nitrogen and oxygen atoms in total. The minimum absolute atomic E-state index is 0.105. The van der Waals surface area contributed by atoms with Crippen molar-refractivity contribution in [3.63, 3.8) is 0 Å². The fourth-order valence-corrected chi connectivity index (χ4v) is 4.50. The van der Waals surface area contributed by atoms with Crippen LogP contribution in [-0.2, 0) is 13.6 Å². The monoisotopic (exact) mass is 418 g/mol. The minimum Gasteiger partial charge on any atom is -0.316 e. The van der Waals surface area contributed by atoms with E-state index in [4.69, 9.17) is 4.99 Å². The normalized spacial score (nSPS) is 12.1. The Morgan fingerprint density at radius 2 is 1.63 bits per heavy atom. The van der Waals surface area contributed by atoms with Gasteiger partial charge in [0.05, 0.1) is 17.1 Å². The number of thiazole rings is 1. The number of hydrogen-bond acceptors (Lipinski definition) is 3. The van der Waals surface area contributed by atoms with Crippen LogP contribution in [0.3, 0.4) is 0 Å². The third-order valence-corrected chi connectivity index (χ3v) is 6.01. The smallest absolute Gasteiger partial charge is 0.297 e. The Hall–Kier alpha value is -3.12. The lowest BCUT2D eigenvalue weighted by Crippen LogP contribution is -2.21. The first kappa shape index (κ1) is 20.2. The second kappa shape index (κ2) is 8.32. The summed E-state index contributed by atoms with van der Waals surface area (Å²) in [5, 5.41) is 2.13. The van der Waals surface area contributed by atoms with Gasteiger partial charge in [0.25, 0.3) is 5.56 Å². The van der Waals surface area contributed by atoms with Crippen molar-refractivity contribution in [1.29, 1.82) is 0 Å². The van der Waals surface area contributed by atoms with Gasteiger partial charge in [0, 0.05) is 19.0 Å². The third kappa shape index (κ3) is 3.71. The summed E-state index contributed by atoms with van der Waals surface area (Å²) in [5.41, 5.74) is 4.34. The van der Waals surface area contributed by atoms with Crippen LogP contribution in [0, 0.1) is 12.8 Å². The summed E-state index contributed by atoms with van der Waals surface area (Å²) in [4.78, 5) is 19.0. The van der Waals surface area contributed by atoms with Crippen LogP contribution >= 0.6 is 11.3 Å². The van der Waals surface area contributed by atoms with E-state index in [1.807, 2.05) is 67.2 Å². The van der Waals surface area contributed by atoms with Gasteiger partial charge in [-0.25, -0.2) is 9.67 Å². The number of benzene rings is 2. The first-order valence-electron chi connectivity index (χ1n) is 10.1. The second-order valence-electron chi connectivity index (χ2n) is 7.80. The molecular formula is C24H26N4OS. The van der Waals surface area contributed by atoms with E-state index in [0.717, 1.165) is 34.0 Å². The Balaban J connectivity index is 1.91. The van der Waals surface area contributed by atoms with Gasteiger partial charge in [-0.1, -0.05) is 62.4 Å². The van der Waals surface area contributed by atoms with E-state index in [9.17, 15) is 4.79 Å². The molecule has 6 heteroatoms. The third-order valence-electron chi connectivity index (χ3n) is 5.15. The molecule has 0 saturated carbocycles. The van der Waals surface area contributed by atoms with E-state index in [1.54, 1.807) is 16.0 Å². The van der Waals surface area contributed by atoms with E-state index >= 15 is 0 Å². The first-order valence-corrected chi connectivity index (χ1v) is 11.0. The highest BCUT2D eigenvalue weighted by Crippen LogP contribution is 2.22. The van der Waals surface area contributed by atoms with Crippen LogP contribution < -0.4 is 10.4 Å². The van der Waals surface area contributed by atoms with Crippen molar-refractivity contribution in [2.45, 2.75) is 27.3 Å². The fourth-order valence-electron chi connectivity index (χ4n) is 3.58. The Labute approximate surface area is 180 Å². The maximum Gasteiger partial charge on any atom is 0.297 e. The Kier molecular flexibility index (Phi) is 5.59. The average Bonchev–Trinajstić information content (AvgIpc) is 3.23. The number of para-hydroxylation sites is 1. The predicted octanol–water partition coefficient (Wildman–Crippen LogP) is 4.90. The van der Waals surface area contributed by atoms with E-state index in [-0.39, 0.29) is 5.56 Å². The van der Waals surface area contributed by atoms with Crippen molar-refractivity contribution in [2.75, 3.05) is 0 Å². The predicted molar refractivity (Wildman–Crippen MR) is 124 cm³/mol. The van der Waals surface area contributed by atoms with Crippen LogP contribution in [0.2, 0.25) is 0 Å². The van der Waals surface area contributed by atoms with Crippen LogP contribution in [0.15, 0.2) is 75.8 Å². The standard InChI is InChI=1S/C24H26N4OS/c1-17(2)15-27-21(19-11-7-5-8-12-19)16-30-24(27)25-22-18(3)26(4)28(23(22)29)20-13-9-6-10-14-20/h5-14,16-17H,15H2,1-4H3. The maximum absolute atomic E-state index is 13.3. The van der Waals surface area contributed by atoms with E-state index in [0.29, 0.717) is 11.6 Å². The molecule has 0 fully saturated rings. The molecule has 2 heterocycles. The SMILES string of the molecule is Cc1c(N=c2scc(-c3ccccc3)n2CC(C)C)c(=O)n(-c2ccccc2)n1C. The van der Waals surface area contributed by atoms with Gasteiger partial charge in [-0.2, -0.15) is 0 Å². The lowest BCUT2D eigenvalue weighted by atomic mass is 10.1. The molecule has 0 saturated heterocycles. The molecule has 2 aromatic carbocycles. The van der Waals surface area contributed by atoms with Gasteiger partial charge in [0.1, 0.15) is 0 Å². The Morgan fingerprint density at radius 1 is 1.00 bits per heavy atom. The molecule has 2 aromatic heterocycles. The van der Waals surface area contributed by atoms with Crippen molar-refractivity contribution in [3.05, 3.63) is 86.9 Å². The summed E-state index contributed by atoms with van der Waals surface area (Å²) < 4.78 is 5.77. The van der Waals surface area contributed by atoms with Gasteiger partial charge in [-0.05, 0) is 30.5 Å². The molecule has 0 bridgehead atoms. The second-order valence-corrected chi connectivity index (χ2v) is 8.63. The highest BCUT2D eigenvalue weighted by Gasteiger charge is 2.17. The summed E-state index contributed by atoms with van der Waals surface area (Å²) in [6, 6.07) is 20.0. The fraction of sp³-hybridized carbons (Fsp3) is 0.250. The molecule has 0 aliphatic rings. The molecule has 0 unspecified atom stereocenters. The van der Waals surface area contributed by atoms with Crippen molar-refractivity contribution < 1.29 is 0 Å². The molecule has 154 valence electrons. The minimum atomic E-state index is -0.105. The molecular weight excluding hydrogens is 392 g/mol. The molecule has 4 aromatic rings. The quantitative estimate of drug-likeness (QED) is 0.454. The molecule has 0 radical (unpaired) electrons. The van der Waals surface area contributed by atoms with Gasteiger partial charge in [0.15, 0.2) is 10.5 Å². The maximum atomic E-state index is 13.3. The highest BCUT2D eigenvalue weighted by atomic mass is 32.1. The lowest BCUT2D eigenvalue weighted by molar-refractivity contribution is 0.518. The summed E-state index contributed by atoms with van der Waals surface area (Å²) in [6.45, 7) is 7.17. The van der Waals surface area contributed by atoms with Gasteiger partial charge in [-0.3, -0.25) is 9.48 Å². The molecule has 0 aliphatic carbocycles. The Morgan fingerprint density at radius 3 is 2.27 bits per heavy atom. The molecule has 0 atom stereocenters. The molecule has 30 heavy (non-hydrogen) atoms. The van der Waals surface area contributed by atoms with Crippen LogP contribution in [0.1, 0.15) is 19.5 Å². The highest BCUT2D eigenvalue weighted by molar-refractivity contribution is 7.07. The van der Waals surface area contributed by atoms with Crippen molar-refractivity contribution in [3.8, 4) is 16.9 Å². The van der Waals surface area contributed by atoms with Gasteiger partial charge >= 0.3 is 0 Å². The van der Waals surface area contributed by atoms with Crippen LogP contribution in [0.5, 0.6) is 0 Å². The summed E-state index contributed by atoms with van der Waals surface area (Å²) in [6.07, 6.45) is 0. The number of hydrogen-bond donors (Lipinski definition) is 0. The Bertz CT molecular complexity index is 1270. The number of aromatic nitrogens is 3.